The van der Waals surface area contributed by atoms with Crippen LogP contribution in [0.3, 0.4) is 0 Å². The lowest BCUT2D eigenvalue weighted by Gasteiger charge is -1.89. The summed E-state index contributed by atoms with van der Waals surface area (Å²) in [5.41, 5.74) is 0. The molecule has 0 aromatic carbocycles. The molecule has 0 bridgehead atoms. The van der Waals surface area contributed by atoms with E-state index >= 15 is 0 Å². The van der Waals surface area contributed by atoms with Crippen LogP contribution in [0.15, 0.2) is 0 Å². The average Bonchev–Trinajstić information content (AvgIpc) is 2.85. The summed E-state index contributed by atoms with van der Waals surface area (Å²) in [6.45, 7) is 8.76. The van der Waals surface area contributed by atoms with Crippen LogP contribution in [-0.4, -0.2) is 95.2 Å². The third-order valence-corrected chi connectivity index (χ3v) is 3.34. The number of rotatable bonds is 0. The van der Waals surface area contributed by atoms with E-state index in [1.54, 1.807) is 40.5 Å². The van der Waals surface area contributed by atoms with Crippen molar-refractivity contribution in [1.82, 2.24) is 10.6 Å². The van der Waals surface area contributed by atoms with Crippen molar-refractivity contribution in [3.63, 3.8) is 0 Å². The Balaban J connectivity index is -0.0000000167. The number of nitrogens with one attached hydrogen (secondary N) is 2. The van der Waals surface area contributed by atoms with Crippen LogP contribution >= 0.6 is 23.5 Å². The number of amides is 2. The lowest BCUT2D eigenvalue weighted by Crippen LogP contribution is -2.11. The number of thioether (sulfide) groups is 2. The number of methoxy groups -OCH3 is 4. The van der Waals surface area contributed by atoms with E-state index in [2.05, 4.69) is 29.6 Å². The van der Waals surface area contributed by atoms with Gasteiger partial charge in [0.2, 0.25) is 11.8 Å². The van der Waals surface area contributed by atoms with Crippen molar-refractivity contribution in [2.45, 2.75) is 101 Å². The second-order valence-corrected chi connectivity index (χ2v) is 7.02. The Labute approximate surface area is 282 Å². The molecule has 2 amide bonds. The molecule has 0 aliphatic rings. The number of carbonyl (C=O) groups is 7. The van der Waals surface area contributed by atoms with Crippen molar-refractivity contribution in [2.24, 2.45) is 0 Å². The third kappa shape index (κ3) is 329. The fourth-order valence-electron chi connectivity index (χ4n) is 0.0833. The topological polar surface area (TPSA) is 180 Å². The van der Waals surface area contributed by atoms with E-state index in [1.807, 2.05) is 0 Å². The molecular weight excluding hydrogens is 616 g/mol. The molecule has 280 valence electrons. The van der Waals surface area contributed by atoms with Gasteiger partial charge in [0.05, 0.1) is 28.4 Å². The molecule has 0 aromatic rings. The second kappa shape index (κ2) is 90.0. The van der Waals surface area contributed by atoms with Crippen molar-refractivity contribution in [1.29, 1.82) is 0 Å². The van der Waals surface area contributed by atoms with Crippen LogP contribution in [0.25, 0.3) is 0 Å². The zero-order chi connectivity index (χ0) is 30.7. The van der Waals surface area contributed by atoms with Crippen LogP contribution in [0, 0.1) is 0 Å². The van der Waals surface area contributed by atoms with Gasteiger partial charge < -0.3 is 29.6 Å². The maximum Gasteiger partial charge on any atom is 0.507 e. The summed E-state index contributed by atoms with van der Waals surface area (Å²) in [6.07, 6.45) is 2.88. The van der Waals surface area contributed by atoms with E-state index in [1.165, 1.54) is 79.7 Å². The molecule has 0 unspecified atom stereocenters. The Hall–Kier alpha value is -2.81. The minimum Gasteiger partial charge on any atom is -0.469 e. The van der Waals surface area contributed by atoms with Gasteiger partial charge in [-0.05, 0) is 12.5 Å². The van der Waals surface area contributed by atoms with Gasteiger partial charge in [-0.1, -0.05) is 82.9 Å². The minimum absolute atomic E-state index is 0. The largest absolute Gasteiger partial charge is 0.507 e. The van der Waals surface area contributed by atoms with E-state index in [-0.39, 0.29) is 93.4 Å². The van der Waals surface area contributed by atoms with Crippen molar-refractivity contribution >= 4 is 63.7 Å². The van der Waals surface area contributed by atoms with Gasteiger partial charge >= 0.3 is 18.1 Å². The van der Waals surface area contributed by atoms with Gasteiger partial charge in [-0.3, -0.25) is 28.8 Å². The fraction of sp³-hybridized carbons (Fsp3) is 0.759. The lowest BCUT2D eigenvalue weighted by molar-refractivity contribution is -0.138. The lowest BCUT2D eigenvalue weighted by atomic mass is 10.7. The highest BCUT2D eigenvalue weighted by Gasteiger charge is 1.88. The summed E-state index contributed by atoms with van der Waals surface area (Å²) in [5.74, 6) is -0.481. The van der Waals surface area contributed by atoms with Gasteiger partial charge in [0.1, 0.15) is 0 Å². The van der Waals surface area contributed by atoms with Crippen LogP contribution in [0.2, 0.25) is 0 Å². The van der Waals surface area contributed by atoms with E-state index in [9.17, 15) is 33.6 Å². The molecule has 15 heteroatoms. The number of carbonyl (C=O) groups excluding carboxylic acids is 7. The van der Waals surface area contributed by atoms with Gasteiger partial charge in [-0.15, -0.1) is 0 Å². The van der Waals surface area contributed by atoms with Crippen LogP contribution < -0.4 is 10.6 Å². The number of hydrogen-bond donors (Lipinski definition) is 2. The van der Waals surface area contributed by atoms with Crippen LogP contribution in [0.4, 0.5) is 4.79 Å². The minimum atomic E-state index is -0.657. The number of hydrogen-bond acceptors (Lipinski definition) is 13. The Kier molecular flexibility index (Phi) is 198. The predicted octanol–water partition coefficient (Wildman–Crippen LogP) is 7.14. The molecule has 0 aromatic heterocycles. The highest BCUT2D eigenvalue weighted by Crippen LogP contribution is 1.88. The molecule has 0 spiro atoms. The van der Waals surface area contributed by atoms with Gasteiger partial charge in [-0.2, -0.15) is 0 Å². The van der Waals surface area contributed by atoms with Gasteiger partial charge in [0, 0.05) is 55.6 Å². The zero-order valence-electron chi connectivity index (χ0n) is 23.8. The average molecular weight is 693 g/mol. The molecule has 0 heterocycles. The summed E-state index contributed by atoms with van der Waals surface area (Å²) < 4.78 is 16.3. The van der Waals surface area contributed by atoms with E-state index in [0.29, 0.717) is 0 Å². The summed E-state index contributed by atoms with van der Waals surface area (Å²) in [7, 11) is 8.41. The van der Waals surface area contributed by atoms with Gasteiger partial charge in [-0.25, -0.2) is 4.79 Å². The maximum atomic E-state index is 9.78. The van der Waals surface area contributed by atoms with Gasteiger partial charge in [0.15, 0.2) is 10.2 Å². The van der Waals surface area contributed by atoms with Crippen molar-refractivity contribution in [2.75, 3.05) is 55.0 Å². The van der Waals surface area contributed by atoms with Crippen LogP contribution in [0.5, 0.6) is 0 Å². The smallest absolute Gasteiger partial charge is 0.469 e. The van der Waals surface area contributed by atoms with Crippen molar-refractivity contribution in [3.8, 4) is 0 Å². The quantitative estimate of drug-likeness (QED) is 0.193. The fourth-order valence-corrected chi connectivity index (χ4v) is 0.0833. The first-order valence-corrected chi connectivity index (χ1v) is 12.1. The summed E-state index contributed by atoms with van der Waals surface area (Å²) in [4.78, 5) is 67.9. The van der Waals surface area contributed by atoms with Crippen molar-refractivity contribution < 1.29 is 52.5 Å². The highest BCUT2D eigenvalue weighted by molar-refractivity contribution is 8.13. The molecule has 44 heavy (non-hydrogen) atoms. The first-order valence-electron chi connectivity index (χ1n) is 9.60. The maximum absolute atomic E-state index is 9.78. The monoisotopic (exact) mass is 692 g/mol. The Morgan fingerprint density at radius 2 is 0.545 bits per heavy atom. The first-order chi connectivity index (χ1) is 16.4. The molecule has 0 saturated carbocycles. The Morgan fingerprint density at radius 3 is 0.545 bits per heavy atom. The molecule has 0 aliphatic heterocycles. The SMILES string of the molecule is C.C.C.C.C.C.C.C.CNC(C)=O.CNC(C)=O.COC(=O)OC.COC(C)=O.COC(C)=O.CSC(C)=O.CSC(C)=O. The standard InChI is InChI=1S/2C3H7NO.C3H6O3.2C3H6O2.2C3H6OS.8CH4/c2*1-3(5)4-2;1-5-3(4)6-2;4*1-3(4)5-2;;;;;;;;/h2*1-2H3,(H,4,5);1-2H3;4*1-2H3;8*1H4. The molecular formula is C29H76N2O11S2. The summed E-state index contributed by atoms with van der Waals surface area (Å²) >= 11 is 2.48. The third-order valence-electron chi connectivity index (χ3n) is 2.19. The molecule has 0 saturated heterocycles. The molecule has 13 nitrogen and oxygen atoms in total. The Bertz CT molecular complexity index is 479. The number of ether oxygens (including phenoxy) is 4. The molecule has 0 aliphatic carbocycles. The van der Waals surface area contributed by atoms with Crippen molar-refractivity contribution in [3.05, 3.63) is 0 Å². The molecule has 0 rings (SSSR count). The van der Waals surface area contributed by atoms with E-state index in [0.717, 1.165) is 0 Å². The Morgan fingerprint density at radius 1 is 0.432 bits per heavy atom. The zero-order valence-corrected chi connectivity index (χ0v) is 25.4. The molecule has 2 N–H and O–H groups in total. The van der Waals surface area contributed by atoms with E-state index < -0.39 is 6.16 Å². The molecule has 0 atom stereocenters. The summed E-state index contributed by atoms with van der Waals surface area (Å²) in [6, 6.07) is 0. The first kappa shape index (κ1) is 97.0. The predicted molar refractivity (Wildman–Crippen MR) is 197 cm³/mol. The van der Waals surface area contributed by atoms with E-state index in [4.69, 9.17) is 0 Å². The number of esters is 2. The molecule has 0 fully saturated rings. The van der Waals surface area contributed by atoms with Crippen LogP contribution in [0.1, 0.15) is 101 Å². The normalized spacial score (nSPS) is 5.77. The second-order valence-electron chi connectivity index (χ2n) is 5.05. The van der Waals surface area contributed by atoms with Gasteiger partial charge in [0.25, 0.3) is 0 Å². The van der Waals surface area contributed by atoms with Crippen LogP contribution in [-0.2, 0) is 47.7 Å². The molecule has 0 radical (unpaired) electrons. The summed E-state index contributed by atoms with van der Waals surface area (Å²) in [5, 5.41) is 5.12. The highest BCUT2D eigenvalue weighted by atomic mass is 32.2.